The summed E-state index contributed by atoms with van der Waals surface area (Å²) in [6, 6.07) is 3.48. The van der Waals surface area contributed by atoms with Gasteiger partial charge in [0.05, 0.1) is 30.5 Å². The molecule has 2 amide bonds. The van der Waals surface area contributed by atoms with Gasteiger partial charge < -0.3 is 19.5 Å². The summed E-state index contributed by atoms with van der Waals surface area (Å²) in [7, 11) is 0. The van der Waals surface area contributed by atoms with E-state index in [-0.39, 0.29) is 18.6 Å². The van der Waals surface area contributed by atoms with Crippen molar-refractivity contribution < 1.29 is 27.5 Å². The Hall–Kier alpha value is -2.88. The van der Waals surface area contributed by atoms with Crippen molar-refractivity contribution in [1.82, 2.24) is 19.8 Å². The first kappa shape index (κ1) is 23.3. The van der Waals surface area contributed by atoms with E-state index in [9.17, 15) is 22.8 Å². The topological polar surface area (TPSA) is 76.5 Å². The van der Waals surface area contributed by atoms with Crippen LogP contribution in [-0.2, 0) is 24.1 Å². The third kappa shape index (κ3) is 4.62. The maximum absolute atomic E-state index is 13.2. The average Bonchev–Trinajstić information content (AvgIpc) is 3.40. The standard InChI is InChI=1S/C23H27F3N4O3/c1-3-17(15-6-7-20(27-12-15)23(24,25)26)28-21(31)16-11-18(30-9-10-33-13-19(16)30)22(32)29-8-4-5-14(29)2/h6-7,11-12,14,17H,3-5,8-10,13H2,1-2H3,(H,28,31). The molecule has 2 unspecified atom stereocenters. The molecule has 0 radical (unpaired) electrons. The zero-order valence-corrected chi connectivity index (χ0v) is 18.6. The first-order valence-corrected chi connectivity index (χ1v) is 11.2. The summed E-state index contributed by atoms with van der Waals surface area (Å²) in [5.41, 5.74) is 0.949. The molecule has 0 aliphatic carbocycles. The van der Waals surface area contributed by atoms with Crippen LogP contribution in [0.1, 0.15) is 76.9 Å². The van der Waals surface area contributed by atoms with Gasteiger partial charge in [0.2, 0.25) is 0 Å². The maximum Gasteiger partial charge on any atom is 0.433 e. The lowest BCUT2D eigenvalue weighted by Crippen LogP contribution is -2.35. The summed E-state index contributed by atoms with van der Waals surface area (Å²) in [6.45, 7) is 5.68. The fourth-order valence-electron chi connectivity index (χ4n) is 4.52. The van der Waals surface area contributed by atoms with Gasteiger partial charge in [-0.25, -0.2) is 0 Å². The molecule has 0 spiro atoms. The molecule has 7 nitrogen and oxygen atoms in total. The quantitative estimate of drug-likeness (QED) is 0.727. The van der Waals surface area contributed by atoms with E-state index < -0.39 is 23.8 Å². The highest BCUT2D eigenvalue weighted by Gasteiger charge is 2.34. The molecule has 33 heavy (non-hydrogen) atoms. The molecular weight excluding hydrogens is 437 g/mol. The molecule has 10 heteroatoms. The number of ether oxygens (including phenoxy) is 1. The molecule has 4 rings (SSSR count). The van der Waals surface area contributed by atoms with Crippen LogP contribution in [0.15, 0.2) is 24.4 Å². The van der Waals surface area contributed by atoms with Crippen LogP contribution < -0.4 is 5.32 Å². The van der Waals surface area contributed by atoms with Crippen molar-refractivity contribution in [2.45, 2.75) is 64.5 Å². The summed E-state index contributed by atoms with van der Waals surface area (Å²) < 4.78 is 45.9. The molecule has 178 valence electrons. The van der Waals surface area contributed by atoms with Gasteiger partial charge in [0, 0.05) is 25.3 Å². The Morgan fingerprint density at radius 3 is 2.70 bits per heavy atom. The van der Waals surface area contributed by atoms with Crippen LogP contribution in [0.2, 0.25) is 0 Å². The van der Waals surface area contributed by atoms with Crippen molar-refractivity contribution in [2.24, 2.45) is 0 Å². The minimum absolute atomic E-state index is 0.0961. The zero-order chi connectivity index (χ0) is 23.8. The number of fused-ring (bicyclic) bond motifs is 1. The van der Waals surface area contributed by atoms with Gasteiger partial charge in [-0.15, -0.1) is 0 Å². The fourth-order valence-corrected chi connectivity index (χ4v) is 4.52. The summed E-state index contributed by atoms with van der Waals surface area (Å²) in [5, 5.41) is 2.88. The number of carbonyl (C=O) groups is 2. The minimum Gasteiger partial charge on any atom is -0.373 e. The monoisotopic (exact) mass is 464 g/mol. The van der Waals surface area contributed by atoms with Crippen molar-refractivity contribution in [3.63, 3.8) is 0 Å². The number of hydrogen-bond acceptors (Lipinski definition) is 4. The van der Waals surface area contributed by atoms with Gasteiger partial charge in [-0.2, -0.15) is 13.2 Å². The maximum atomic E-state index is 13.2. The highest BCUT2D eigenvalue weighted by atomic mass is 19.4. The average molecular weight is 464 g/mol. The van der Waals surface area contributed by atoms with Crippen LogP contribution in [0, 0.1) is 0 Å². The lowest BCUT2D eigenvalue weighted by molar-refractivity contribution is -0.141. The lowest BCUT2D eigenvalue weighted by Gasteiger charge is -2.24. The van der Waals surface area contributed by atoms with Gasteiger partial charge >= 0.3 is 6.18 Å². The molecule has 1 N–H and O–H groups in total. The molecular formula is C23H27F3N4O3. The predicted octanol–water partition coefficient (Wildman–Crippen LogP) is 3.94. The Morgan fingerprint density at radius 2 is 2.09 bits per heavy atom. The van der Waals surface area contributed by atoms with Crippen LogP contribution >= 0.6 is 0 Å². The molecule has 1 fully saturated rings. The van der Waals surface area contributed by atoms with Gasteiger partial charge in [0.15, 0.2) is 0 Å². The summed E-state index contributed by atoms with van der Waals surface area (Å²) in [6.07, 6.45) is -1.02. The summed E-state index contributed by atoms with van der Waals surface area (Å²) in [4.78, 5) is 31.7. The second kappa shape index (κ2) is 9.17. The number of halogens is 3. The Morgan fingerprint density at radius 1 is 1.30 bits per heavy atom. The Labute approximate surface area is 189 Å². The van der Waals surface area contributed by atoms with E-state index in [0.717, 1.165) is 25.1 Å². The number of nitrogens with one attached hydrogen (secondary N) is 1. The molecule has 2 atom stereocenters. The molecule has 4 heterocycles. The zero-order valence-electron chi connectivity index (χ0n) is 18.6. The third-order valence-corrected chi connectivity index (χ3v) is 6.38. The molecule has 0 saturated carbocycles. The molecule has 2 aliphatic rings. The van der Waals surface area contributed by atoms with Gasteiger partial charge in [0.1, 0.15) is 11.4 Å². The van der Waals surface area contributed by atoms with Crippen molar-refractivity contribution in [1.29, 1.82) is 0 Å². The van der Waals surface area contributed by atoms with E-state index in [0.29, 0.717) is 48.6 Å². The van der Waals surface area contributed by atoms with Crippen molar-refractivity contribution >= 4 is 11.8 Å². The van der Waals surface area contributed by atoms with E-state index in [2.05, 4.69) is 10.3 Å². The summed E-state index contributed by atoms with van der Waals surface area (Å²) in [5.74, 6) is -0.495. The number of pyridine rings is 1. The normalized spacial score (nSPS) is 19.3. The van der Waals surface area contributed by atoms with Crippen molar-refractivity contribution in [3.8, 4) is 0 Å². The van der Waals surface area contributed by atoms with E-state index in [4.69, 9.17) is 4.74 Å². The van der Waals surface area contributed by atoms with Crippen molar-refractivity contribution in [2.75, 3.05) is 13.2 Å². The third-order valence-electron chi connectivity index (χ3n) is 6.38. The molecule has 0 aromatic carbocycles. The number of nitrogens with zero attached hydrogens (tertiary/aromatic N) is 3. The number of rotatable bonds is 5. The second-order valence-electron chi connectivity index (χ2n) is 8.49. The van der Waals surface area contributed by atoms with Crippen LogP contribution in [-0.4, -0.2) is 45.5 Å². The van der Waals surface area contributed by atoms with Gasteiger partial charge in [-0.05, 0) is 43.9 Å². The van der Waals surface area contributed by atoms with Crippen LogP contribution in [0.5, 0.6) is 0 Å². The Kier molecular flexibility index (Phi) is 6.47. The highest BCUT2D eigenvalue weighted by molar-refractivity contribution is 6.01. The highest BCUT2D eigenvalue weighted by Crippen LogP contribution is 2.29. The first-order chi connectivity index (χ1) is 15.7. The molecule has 2 aliphatic heterocycles. The largest absolute Gasteiger partial charge is 0.433 e. The van der Waals surface area contributed by atoms with Gasteiger partial charge in [-0.1, -0.05) is 13.0 Å². The minimum atomic E-state index is -4.52. The van der Waals surface area contributed by atoms with E-state index in [1.165, 1.54) is 6.07 Å². The Balaban J connectivity index is 1.58. The lowest BCUT2D eigenvalue weighted by atomic mass is 10.1. The van der Waals surface area contributed by atoms with Gasteiger partial charge in [-0.3, -0.25) is 14.6 Å². The molecule has 0 bridgehead atoms. The molecule has 1 saturated heterocycles. The van der Waals surface area contributed by atoms with Crippen LogP contribution in [0.4, 0.5) is 13.2 Å². The first-order valence-electron chi connectivity index (χ1n) is 11.2. The fraction of sp³-hybridized carbons (Fsp3) is 0.522. The smallest absolute Gasteiger partial charge is 0.373 e. The number of hydrogen-bond donors (Lipinski definition) is 1. The van der Waals surface area contributed by atoms with Crippen LogP contribution in [0.3, 0.4) is 0 Å². The van der Waals surface area contributed by atoms with E-state index in [1.54, 1.807) is 6.07 Å². The Bertz CT molecular complexity index is 1030. The number of aromatic nitrogens is 2. The van der Waals surface area contributed by atoms with Crippen LogP contribution in [0.25, 0.3) is 0 Å². The number of alkyl halides is 3. The number of likely N-dealkylation sites (tertiary alicyclic amines) is 1. The van der Waals surface area contributed by atoms with E-state index in [1.807, 2.05) is 23.3 Å². The molecule has 2 aromatic rings. The van der Waals surface area contributed by atoms with Gasteiger partial charge in [0.25, 0.3) is 11.8 Å². The second-order valence-corrected chi connectivity index (χ2v) is 8.49. The SMILES string of the molecule is CCC(NC(=O)c1cc(C(=O)N2CCCC2C)n2c1COCC2)c1ccc(C(F)(F)F)nc1. The number of amides is 2. The predicted molar refractivity (Wildman–Crippen MR) is 114 cm³/mol. The number of carbonyl (C=O) groups excluding carboxylic acids is 2. The van der Waals surface area contributed by atoms with E-state index >= 15 is 0 Å². The molecule has 2 aromatic heterocycles. The summed E-state index contributed by atoms with van der Waals surface area (Å²) >= 11 is 0. The van der Waals surface area contributed by atoms with Crippen molar-refractivity contribution in [3.05, 3.63) is 52.6 Å².